The Balaban J connectivity index is 1.45. The fourth-order valence-corrected chi connectivity index (χ4v) is 12.9. The molecule has 0 fully saturated rings. The van der Waals surface area contributed by atoms with Crippen LogP contribution in [-0.4, -0.2) is 41.8 Å². The highest BCUT2D eigenvalue weighted by molar-refractivity contribution is 7.61. The molecule has 10 nitrogen and oxygen atoms in total. The normalized spacial score (nSPS) is 15.2. The third-order valence-electron chi connectivity index (χ3n) is 14.1. The molecule has 346 valence electrons. The molecule has 0 saturated carbocycles. The third-order valence-corrected chi connectivity index (χ3v) is 15.9. The van der Waals surface area contributed by atoms with Crippen LogP contribution in [0.2, 0.25) is 0 Å². The molecule has 2 aromatic heterocycles. The standard InChI is InChI=1S/C56H66N8O2P/c1-9-17-33-25-41-42(26-34(33)18-10-2)50-57-49(41)59-53-45-29-37(21-13-5)38(22-14-6)30-46(45)55-61-51-43-27-35(19-11-3)36(20-12-4)28-44(43)52(58-51)62-56-48-32-40(24-16-8)39(23-15-7)31-47(48)54(60-50)64(56)67(65,66)63(53)55/h25-32,65-66H,9-24H2,1-8H3/q+1. The van der Waals surface area contributed by atoms with E-state index in [9.17, 15) is 9.79 Å². The summed E-state index contributed by atoms with van der Waals surface area (Å²) < 4.78 is 3.27. The van der Waals surface area contributed by atoms with Crippen molar-refractivity contribution in [2.45, 2.75) is 158 Å². The van der Waals surface area contributed by atoms with Gasteiger partial charge in [-0.3, -0.25) is 0 Å². The van der Waals surface area contributed by atoms with E-state index in [0.717, 1.165) is 147 Å². The number of amidine groups is 4. The predicted octanol–water partition coefficient (Wildman–Crippen LogP) is 12.2. The predicted molar refractivity (Wildman–Crippen MR) is 279 cm³/mol. The molecule has 0 radical (unpaired) electrons. The molecule has 6 aromatic rings. The first-order chi connectivity index (χ1) is 32.6. The number of aliphatic imine (C=N–C) groups is 4. The molecular weight excluding hydrogens is 848 g/mol. The lowest BCUT2D eigenvalue weighted by Crippen LogP contribution is -2.33. The van der Waals surface area contributed by atoms with Gasteiger partial charge in [-0.15, -0.1) is 8.68 Å². The van der Waals surface area contributed by atoms with Gasteiger partial charge in [0.15, 0.2) is 46.0 Å². The smallest absolute Gasteiger partial charge is 0.208 e. The molecule has 2 N–H and O–H groups in total. The van der Waals surface area contributed by atoms with Crippen LogP contribution < -0.4 is 11.0 Å². The van der Waals surface area contributed by atoms with Crippen molar-refractivity contribution in [1.82, 2.24) is 8.68 Å². The van der Waals surface area contributed by atoms with E-state index < -0.39 is 8.02 Å². The van der Waals surface area contributed by atoms with E-state index in [4.69, 9.17) is 30.0 Å². The summed E-state index contributed by atoms with van der Waals surface area (Å²) in [7, 11) is -4.59. The van der Waals surface area contributed by atoms with Crippen LogP contribution in [0.1, 0.15) is 174 Å². The lowest BCUT2D eigenvalue weighted by atomic mass is 9.93. The van der Waals surface area contributed by atoms with Gasteiger partial charge < -0.3 is 0 Å². The molecule has 0 spiro atoms. The molecule has 0 unspecified atom stereocenters. The number of rotatable bonds is 16. The first-order valence-corrected chi connectivity index (χ1v) is 27.1. The molecule has 0 aliphatic carbocycles. The maximum Gasteiger partial charge on any atom is 0.498 e. The molecule has 0 amide bonds. The second-order valence-corrected chi connectivity index (χ2v) is 21.0. The van der Waals surface area contributed by atoms with Crippen molar-refractivity contribution in [2.24, 2.45) is 30.0 Å². The van der Waals surface area contributed by atoms with Crippen LogP contribution in [0.3, 0.4) is 0 Å². The Hall–Kier alpha value is -5.41. The highest BCUT2D eigenvalue weighted by atomic mass is 31.2. The number of nitrogens with zero attached hydrogens (tertiary/aromatic N) is 8. The zero-order valence-corrected chi connectivity index (χ0v) is 41.7. The van der Waals surface area contributed by atoms with Crippen LogP contribution in [0.15, 0.2) is 78.5 Å². The van der Waals surface area contributed by atoms with Crippen LogP contribution in [0, 0.1) is 0 Å². The average molecular weight is 914 g/mol. The van der Waals surface area contributed by atoms with E-state index in [1.54, 1.807) is 8.68 Å². The van der Waals surface area contributed by atoms with E-state index in [0.29, 0.717) is 46.0 Å². The van der Waals surface area contributed by atoms with Crippen molar-refractivity contribution in [3.05, 3.63) is 126 Å². The van der Waals surface area contributed by atoms with E-state index in [-0.39, 0.29) is 0 Å². The molecule has 10 rings (SSSR count). The van der Waals surface area contributed by atoms with Gasteiger partial charge in [0.1, 0.15) is 0 Å². The van der Waals surface area contributed by atoms with E-state index in [1.807, 2.05) is 0 Å². The zero-order chi connectivity index (χ0) is 46.7. The summed E-state index contributed by atoms with van der Waals surface area (Å²) in [5.41, 5.74) is 14.6. The molecule has 67 heavy (non-hydrogen) atoms. The molecule has 4 aliphatic heterocycles. The Kier molecular flexibility index (Phi) is 12.4. The van der Waals surface area contributed by atoms with Gasteiger partial charge in [-0.25, -0.2) is 30.0 Å². The first kappa shape index (κ1) is 45.4. The minimum absolute atomic E-state index is 0.413. The van der Waals surface area contributed by atoms with Gasteiger partial charge in [-0.05, 0) is 144 Å². The van der Waals surface area contributed by atoms with Crippen LogP contribution in [-0.2, 0) is 51.4 Å². The zero-order valence-electron chi connectivity index (χ0n) is 40.9. The summed E-state index contributed by atoms with van der Waals surface area (Å²) >= 11 is 0. The number of aromatic nitrogens is 2. The maximum atomic E-state index is 13.8. The number of aryl methyl sites for hydroxylation is 8. The number of fused-ring (bicyclic) bond motifs is 14. The Morgan fingerprint density at radius 2 is 0.582 bits per heavy atom. The molecule has 11 heteroatoms. The van der Waals surface area contributed by atoms with Crippen molar-refractivity contribution in [2.75, 3.05) is 0 Å². The van der Waals surface area contributed by atoms with Crippen molar-refractivity contribution in [1.29, 1.82) is 0 Å². The highest BCUT2D eigenvalue weighted by Crippen LogP contribution is 2.60. The number of benzene rings is 4. The van der Waals surface area contributed by atoms with E-state index in [2.05, 4.69) is 104 Å². The molecule has 0 atom stereocenters. The van der Waals surface area contributed by atoms with Gasteiger partial charge in [0, 0.05) is 43.8 Å². The molecule has 4 aliphatic rings. The summed E-state index contributed by atoms with van der Waals surface area (Å²) in [6.45, 7) is 17.8. The van der Waals surface area contributed by atoms with Crippen LogP contribution in [0.5, 0.6) is 0 Å². The summed E-state index contributed by atoms with van der Waals surface area (Å²) in [6, 6.07) is 18.1. The van der Waals surface area contributed by atoms with E-state index >= 15 is 0 Å². The highest BCUT2D eigenvalue weighted by Gasteiger charge is 2.50. The SMILES string of the molecule is CCCc1cc2c(cc1CCC)C1=Nc3c4cc(CCC)c(CCC)cc4c4n3[P+](O)(O)n3c(c5cc(CCC)c(CCC)cc5c3=NC3=NC(=N4)c4cc(CCC)c(CCC)cc43)=NC2=N1. The number of hydrogen-bond donors (Lipinski definition) is 2. The fraction of sp³-hybridized carbons (Fsp3) is 0.429. The van der Waals surface area contributed by atoms with Crippen molar-refractivity contribution in [3.8, 4) is 0 Å². The second-order valence-electron chi connectivity index (χ2n) is 19.1. The Bertz CT molecular complexity index is 3070. The lowest BCUT2D eigenvalue weighted by Gasteiger charge is -2.17. The monoisotopic (exact) mass is 914 g/mol. The van der Waals surface area contributed by atoms with Crippen LogP contribution in [0.4, 0.5) is 11.6 Å². The molecule has 4 aromatic carbocycles. The summed E-state index contributed by atoms with van der Waals surface area (Å²) in [4.78, 5) is 60.4. The Morgan fingerprint density at radius 3 is 0.866 bits per heavy atom. The van der Waals surface area contributed by atoms with Gasteiger partial charge in [0.2, 0.25) is 0 Å². The maximum absolute atomic E-state index is 13.8. The van der Waals surface area contributed by atoms with Gasteiger partial charge in [-0.2, -0.15) is 9.79 Å². The third kappa shape index (κ3) is 7.49. The van der Waals surface area contributed by atoms with Crippen molar-refractivity contribution >= 4 is 64.5 Å². The fourth-order valence-electron chi connectivity index (χ4n) is 11.1. The van der Waals surface area contributed by atoms with Crippen LogP contribution >= 0.6 is 8.02 Å². The summed E-state index contributed by atoms with van der Waals surface area (Å²) in [6.07, 6.45) is 15.2. The number of hydrogen-bond acceptors (Lipinski definition) is 8. The van der Waals surface area contributed by atoms with Gasteiger partial charge in [-0.1, -0.05) is 107 Å². The Labute approximate surface area is 395 Å². The Morgan fingerprint density at radius 1 is 0.328 bits per heavy atom. The molecule has 6 bridgehead atoms. The molecule has 0 saturated heterocycles. The van der Waals surface area contributed by atoms with E-state index in [1.165, 1.54) is 44.5 Å². The average Bonchev–Trinajstić information content (AvgIpc) is 3.99. The largest absolute Gasteiger partial charge is 0.498 e. The van der Waals surface area contributed by atoms with Crippen LogP contribution in [0.25, 0.3) is 21.5 Å². The molecular formula is C56H66N8O2P+. The van der Waals surface area contributed by atoms with Crippen molar-refractivity contribution < 1.29 is 9.79 Å². The quantitative estimate of drug-likeness (QED) is 0.0939. The lowest BCUT2D eigenvalue weighted by molar-refractivity contribution is 0.419. The van der Waals surface area contributed by atoms with Gasteiger partial charge in [0.05, 0.1) is 0 Å². The first-order valence-electron chi connectivity index (χ1n) is 25.5. The summed E-state index contributed by atoms with van der Waals surface area (Å²) in [5, 5.41) is 3.22. The minimum Gasteiger partial charge on any atom is -0.208 e. The topological polar surface area (TPSA) is 124 Å². The van der Waals surface area contributed by atoms with Gasteiger partial charge in [0.25, 0.3) is 0 Å². The second kappa shape index (κ2) is 18.2. The molecule has 6 heterocycles. The summed E-state index contributed by atoms with van der Waals surface area (Å²) in [5.74, 6) is 2.89. The minimum atomic E-state index is -4.59. The van der Waals surface area contributed by atoms with Crippen molar-refractivity contribution in [3.63, 3.8) is 0 Å². The van der Waals surface area contributed by atoms with Gasteiger partial charge >= 0.3 is 8.02 Å².